The zero-order valence-corrected chi connectivity index (χ0v) is 15.1. The van der Waals surface area contributed by atoms with Crippen LogP contribution >= 0.6 is 0 Å². The number of halogens is 1. The first-order chi connectivity index (χ1) is 13.6. The van der Waals surface area contributed by atoms with E-state index >= 15 is 0 Å². The Morgan fingerprint density at radius 1 is 1.11 bits per heavy atom. The van der Waals surface area contributed by atoms with Gasteiger partial charge in [0.25, 0.3) is 0 Å². The Morgan fingerprint density at radius 2 is 1.89 bits per heavy atom. The van der Waals surface area contributed by atoms with Gasteiger partial charge < -0.3 is 14.9 Å². The van der Waals surface area contributed by atoms with Gasteiger partial charge in [0.15, 0.2) is 0 Å². The predicted molar refractivity (Wildman–Crippen MR) is 101 cm³/mol. The molecule has 0 bridgehead atoms. The van der Waals surface area contributed by atoms with Crippen molar-refractivity contribution in [2.24, 2.45) is 0 Å². The fourth-order valence-corrected chi connectivity index (χ4v) is 3.31. The van der Waals surface area contributed by atoms with E-state index in [9.17, 15) is 14.5 Å². The number of nitrogens with zero attached hydrogens (tertiary/aromatic N) is 4. The number of benzene rings is 2. The summed E-state index contributed by atoms with van der Waals surface area (Å²) in [5.74, 6) is -0.458. The van der Waals surface area contributed by atoms with E-state index < -0.39 is 4.92 Å². The summed E-state index contributed by atoms with van der Waals surface area (Å²) in [6.07, 6.45) is 1.41. The molecule has 7 nitrogen and oxygen atoms in total. The van der Waals surface area contributed by atoms with E-state index in [0.29, 0.717) is 38.8 Å². The lowest BCUT2D eigenvalue weighted by atomic mass is 10.0. The highest BCUT2D eigenvalue weighted by atomic mass is 19.1. The Labute approximate surface area is 161 Å². The van der Waals surface area contributed by atoms with Crippen molar-refractivity contribution in [1.82, 2.24) is 14.5 Å². The first-order valence-electron chi connectivity index (χ1n) is 9.00. The van der Waals surface area contributed by atoms with E-state index in [1.54, 1.807) is 10.6 Å². The summed E-state index contributed by atoms with van der Waals surface area (Å²) in [5, 5.41) is 10.9. The lowest BCUT2D eigenvalue weighted by Gasteiger charge is -2.24. The highest BCUT2D eigenvalue weighted by molar-refractivity contribution is 5.64. The molecule has 0 saturated heterocycles. The average molecular weight is 382 g/mol. The van der Waals surface area contributed by atoms with Gasteiger partial charge in [-0.1, -0.05) is 30.3 Å². The van der Waals surface area contributed by atoms with Gasteiger partial charge in [-0.15, -0.1) is 0 Å². The van der Waals surface area contributed by atoms with Crippen molar-refractivity contribution < 1.29 is 14.1 Å². The minimum atomic E-state index is -0.517. The van der Waals surface area contributed by atoms with Crippen LogP contribution in [0, 0.1) is 15.9 Å². The van der Waals surface area contributed by atoms with Gasteiger partial charge in [-0.3, -0.25) is 9.47 Å². The van der Waals surface area contributed by atoms with Crippen LogP contribution in [0.4, 0.5) is 10.2 Å². The molecule has 1 aliphatic rings. The van der Waals surface area contributed by atoms with Gasteiger partial charge in [-0.2, -0.15) is 0 Å². The molecule has 0 atom stereocenters. The molecule has 144 valence electrons. The molecule has 0 amide bonds. The van der Waals surface area contributed by atoms with Crippen LogP contribution in [0.15, 0.2) is 54.7 Å². The van der Waals surface area contributed by atoms with Crippen molar-refractivity contribution in [2.75, 3.05) is 19.7 Å². The Balaban J connectivity index is 1.47. The van der Waals surface area contributed by atoms with E-state index in [2.05, 4.69) is 16.0 Å². The highest BCUT2D eigenvalue weighted by Crippen LogP contribution is 2.23. The monoisotopic (exact) mass is 382 g/mol. The lowest BCUT2D eigenvalue weighted by molar-refractivity contribution is -0.389. The van der Waals surface area contributed by atoms with Crippen molar-refractivity contribution >= 4 is 5.82 Å². The molecule has 0 aliphatic carbocycles. The van der Waals surface area contributed by atoms with E-state index in [0.717, 1.165) is 16.7 Å². The molecule has 2 heterocycles. The summed E-state index contributed by atoms with van der Waals surface area (Å²) in [7, 11) is 0. The zero-order valence-electron chi connectivity index (χ0n) is 15.1. The third kappa shape index (κ3) is 4.01. The number of fused-ring (bicyclic) bond motifs is 1. The Bertz CT molecular complexity index is 1000. The van der Waals surface area contributed by atoms with E-state index in [1.165, 1.54) is 18.3 Å². The van der Waals surface area contributed by atoms with Crippen LogP contribution in [-0.2, 0) is 13.1 Å². The van der Waals surface area contributed by atoms with Crippen LogP contribution in [0.3, 0.4) is 0 Å². The molecule has 1 aliphatic heterocycles. The van der Waals surface area contributed by atoms with Crippen LogP contribution in [0.1, 0.15) is 5.56 Å². The van der Waals surface area contributed by atoms with Crippen molar-refractivity contribution in [3.05, 3.63) is 76.2 Å². The highest BCUT2D eigenvalue weighted by Gasteiger charge is 2.22. The SMILES string of the molecule is O=[N+]([O-])c1cn2c(n1)OCCN(Cc1cccc(-c3cccc(F)c3)c1)CC2. The van der Waals surface area contributed by atoms with Crippen molar-refractivity contribution in [1.29, 1.82) is 0 Å². The van der Waals surface area contributed by atoms with E-state index in [4.69, 9.17) is 4.74 Å². The van der Waals surface area contributed by atoms with Gasteiger partial charge in [0.2, 0.25) is 0 Å². The molecule has 2 aromatic carbocycles. The Kier molecular flexibility index (Phi) is 5.03. The molecule has 0 radical (unpaired) electrons. The van der Waals surface area contributed by atoms with Crippen molar-refractivity contribution in [3.63, 3.8) is 0 Å². The topological polar surface area (TPSA) is 73.4 Å². The smallest absolute Gasteiger partial charge is 0.414 e. The van der Waals surface area contributed by atoms with Gasteiger partial charge >= 0.3 is 11.8 Å². The first-order valence-corrected chi connectivity index (χ1v) is 9.00. The van der Waals surface area contributed by atoms with Crippen LogP contribution in [0.2, 0.25) is 0 Å². The largest absolute Gasteiger partial charge is 0.444 e. The molecule has 3 aromatic rings. The van der Waals surface area contributed by atoms with Gasteiger partial charge in [0, 0.05) is 31.2 Å². The molecule has 1 aromatic heterocycles. The van der Waals surface area contributed by atoms with E-state index in [-0.39, 0.29) is 11.6 Å². The molecule has 8 heteroatoms. The molecule has 4 rings (SSSR count). The molecule has 0 fully saturated rings. The summed E-state index contributed by atoms with van der Waals surface area (Å²) >= 11 is 0. The molecular formula is C20H19FN4O3. The van der Waals surface area contributed by atoms with Crippen LogP contribution < -0.4 is 4.74 Å². The summed E-state index contributed by atoms with van der Waals surface area (Å²) in [4.78, 5) is 16.5. The molecule has 0 N–H and O–H groups in total. The minimum absolute atomic E-state index is 0.203. The van der Waals surface area contributed by atoms with E-state index in [1.807, 2.05) is 24.3 Å². The van der Waals surface area contributed by atoms with Crippen LogP contribution in [0.5, 0.6) is 6.01 Å². The lowest BCUT2D eigenvalue weighted by Crippen LogP contribution is -2.33. The second-order valence-electron chi connectivity index (χ2n) is 6.67. The number of rotatable bonds is 4. The second kappa shape index (κ2) is 7.77. The fraction of sp³-hybridized carbons (Fsp3) is 0.250. The number of ether oxygens (including phenoxy) is 1. The van der Waals surface area contributed by atoms with Gasteiger partial charge in [0.1, 0.15) is 18.6 Å². The molecular weight excluding hydrogens is 363 g/mol. The van der Waals surface area contributed by atoms with Gasteiger partial charge in [-0.05, 0) is 39.8 Å². The first kappa shape index (κ1) is 18.1. The van der Waals surface area contributed by atoms with Crippen LogP contribution in [0.25, 0.3) is 11.1 Å². The van der Waals surface area contributed by atoms with Gasteiger partial charge in [0.05, 0.1) is 0 Å². The third-order valence-corrected chi connectivity index (χ3v) is 4.70. The summed E-state index contributed by atoms with van der Waals surface area (Å²) in [6, 6.07) is 14.9. The van der Waals surface area contributed by atoms with Crippen molar-refractivity contribution in [2.45, 2.75) is 13.1 Å². The number of hydrogen-bond donors (Lipinski definition) is 0. The average Bonchev–Trinajstić information content (AvgIpc) is 3.07. The molecule has 0 saturated carbocycles. The molecule has 0 spiro atoms. The summed E-state index contributed by atoms with van der Waals surface area (Å²) in [6.45, 7) is 3.06. The number of nitro groups is 1. The maximum absolute atomic E-state index is 13.5. The number of hydrogen-bond acceptors (Lipinski definition) is 5. The second-order valence-corrected chi connectivity index (χ2v) is 6.67. The Hall–Kier alpha value is -3.26. The molecule has 0 unspecified atom stereocenters. The quantitative estimate of drug-likeness (QED) is 0.510. The number of imidazole rings is 1. The maximum atomic E-state index is 13.5. The van der Waals surface area contributed by atoms with Crippen molar-refractivity contribution in [3.8, 4) is 17.1 Å². The Morgan fingerprint density at radius 3 is 2.68 bits per heavy atom. The zero-order chi connectivity index (χ0) is 19.5. The molecule has 28 heavy (non-hydrogen) atoms. The van der Waals surface area contributed by atoms with Crippen LogP contribution in [-0.4, -0.2) is 39.1 Å². The normalized spacial score (nSPS) is 14.6. The van der Waals surface area contributed by atoms with Gasteiger partial charge in [-0.25, -0.2) is 4.39 Å². The standard InChI is InChI=1S/C20H19FN4O3/c21-18-6-2-5-17(12-18)16-4-1-3-15(11-16)13-23-7-8-24-14-19(25(26)27)22-20(24)28-10-9-23/h1-6,11-12,14H,7-10,13H2. The minimum Gasteiger partial charge on any atom is -0.444 e. The summed E-state index contributed by atoms with van der Waals surface area (Å²) in [5.41, 5.74) is 2.92. The predicted octanol–water partition coefficient (Wildman–Crippen LogP) is 3.49. The third-order valence-electron chi connectivity index (χ3n) is 4.70. The summed E-state index contributed by atoms with van der Waals surface area (Å²) < 4.78 is 20.8. The maximum Gasteiger partial charge on any atom is 0.414 e. The number of aromatic nitrogens is 2. The fourth-order valence-electron chi connectivity index (χ4n) is 3.31.